The molecule has 10 heteroatoms. The van der Waals surface area contributed by atoms with Crippen molar-refractivity contribution in [2.75, 3.05) is 0 Å². The van der Waals surface area contributed by atoms with Gasteiger partial charge in [-0.25, -0.2) is 4.79 Å². The lowest BCUT2D eigenvalue weighted by atomic mass is 10.1. The minimum absolute atomic E-state index is 0.0917. The predicted octanol–water partition coefficient (Wildman–Crippen LogP) is 2.62. The van der Waals surface area contributed by atoms with E-state index in [0.29, 0.717) is 0 Å². The van der Waals surface area contributed by atoms with Gasteiger partial charge in [-0.2, -0.15) is 13.2 Å². The number of aliphatic carboxylic acids is 2. The zero-order valence-electron chi connectivity index (χ0n) is 12.9. The van der Waals surface area contributed by atoms with Gasteiger partial charge in [0, 0.05) is 5.56 Å². The van der Waals surface area contributed by atoms with Crippen molar-refractivity contribution in [3.63, 3.8) is 0 Å². The third kappa shape index (κ3) is 4.62. The number of nitrogens with one attached hydrogen (secondary N) is 1. The average Bonchev–Trinajstić information content (AvgIpc) is 3.03. The Balaban J connectivity index is 2.14. The molecular weight excluding hydrogens is 359 g/mol. The van der Waals surface area contributed by atoms with Gasteiger partial charge in [0.1, 0.15) is 11.8 Å². The van der Waals surface area contributed by atoms with Gasteiger partial charge in [0.05, 0.1) is 12.0 Å². The summed E-state index contributed by atoms with van der Waals surface area (Å²) < 4.78 is 42.8. The SMILES string of the molecule is O=C(O)C[C@H](NC(=O)c1ccc(-c2ccc(C(F)(F)F)cc2)o1)C(=O)O. The topological polar surface area (TPSA) is 117 Å². The van der Waals surface area contributed by atoms with Gasteiger partial charge >= 0.3 is 18.1 Å². The molecule has 1 aromatic heterocycles. The number of carboxylic acids is 2. The van der Waals surface area contributed by atoms with Crippen molar-refractivity contribution in [3.05, 3.63) is 47.7 Å². The van der Waals surface area contributed by atoms with E-state index in [1.54, 1.807) is 0 Å². The van der Waals surface area contributed by atoms with Gasteiger partial charge in [-0.15, -0.1) is 0 Å². The predicted molar refractivity (Wildman–Crippen MR) is 80.3 cm³/mol. The molecule has 2 aromatic rings. The highest BCUT2D eigenvalue weighted by molar-refractivity contribution is 5.95. The Morgan fingerprint density at radius 3 is 2.15 bits per heavy atom. The number of hydrogen-bond acceptors (Lipinski definition) is 4. The number of halogens is 3. The molecule has 0 saturated carbocycles. The van der Waals surface area contributed by atoms with Crippen molar-refractivity contribution in [2.24, 2.45) is 0 Å². The van der Waals surface area contributed by atoms with Crippen LogP contribution >= 0.6 is 0 Å². The Hall–Kier alpha value is -3.30. The maximum atomic E-state index is 12.5. The summed E-state index contributed by atoms with van der Waals surface area (Å²) in [5.41, 5.74) is -0.568. The lowest BCUT2D eigenvalue weighted by molar-refractivity contribution is -0.145. The Morgan fingerprint density at radius 1 is 1.04 bits per heavy atom. The lowest BCUT2D eigenvalue weighted by Crippen LogP contribution is -2.42. The molecule has 2 rings (SSSR count). The van der Waals surface area contributed by atoms with Crippen molar-refractivity contribution < 1.29 is 42.2 Å². The van der Waals surface area contributed by atoms with Crippen molar-refractivity contribution in [1.82, 2.24) is 5.32 Å². The molecule has 3 N–H and O–H groups in total. The molecule has 0 radical (unpaired) electrons. The quantitative estimate of drug-likeness (QED) is 0.719. The highest BCUT2D eigenvalue weighted by Crippen LogP contribution is 2.31. The van der Waals surface area contributed by atoms with Crippen LogP contribution in [0.4, 0.5) is 13.2 Å². The maximum absolute atomic E-state index is 12.5. The zero-order chi connectivity index (χ0) is 19.5. The fraction of sp³-hybridized carbons (Fsp3) is 0.188. The van der Waals surface area contributed by atoms with Crippen molar-refractivity contribution in [2.45, 2.75) is 18.6 Å². The number of carbonyl (C=O) groups is 3. The number of furan rings is 1. The van der Waals surface area contributed by atoms with Crippen LogP contribution in [0.25, 0.3) is 11.3 Å². The minimum Gasteiger partial charge on any atom is -0.481 e. The first-order chi connectivity index (χ1) is 12.1. The third-order valence-electron chi connectivity index (χ3n) is 3.31. The normalized spacial score (nSPS) is 12.4. The van der Waals surface area contributed by atoms with Crippen LogP contribution in [0.2, 0.25) is 0 Å². The van der Waals surface area contributed by atoms with Crippen LogP contribution in [0.5, 0.6) is 0 Å². The second kappa shape index (κ2) is 7.30. The smallest absolute Gasteiger partial charge is 0.416 e. The van der Waals surface area contributed by atoms with Gasteiger partial charge < -0.3 is 19.9 Å². The summed E-state index contributed by atoms with van der Waals surface area (Å²) in [6.07, 6.45) is -5.31. The molecular formula is C16H12F3NO6. The van der Waals surface area contributed by atoms with E-state index in [-0.39, 0.29) is 17.1 Å². The number of amides is 1. The van der Waals surface area contributed by atoms with E-state index in [1.807, 2.05) is 5.32 Å². The largest absolute Gasteiger partial charge is 0.481 e. The van der Waals surface area contributed by atoms with Crippen LogP contribution in [0.1, 0.15) is 22.5 Å². The molecule has 0 saturated heterocycles. The van der Waals surface area contributed by atoms with Crippen molar-refractivity contribution in [1.29, 1.82) is 0 Å². The number of carbonyl (C=O) groups excluding carboxylic acids is 1. The highest BCUT2D eigenvalue weighted by atomic mass is 19.4. The second-order valence-corrected chi connectivity index (χ2v) is 5.20. The summed E-state index contributed by atoms with van der Waals surface area (Å²) in [6, 6.07) is 4.89. The first-order valence-electron chi connectivity index (χ1n) is 7.11. The van der Waals surface area contributed by atoms with E-state index in [2.05, 4.69) is 0 Å². The summed E-state index contributed by atoms with van der Waals surface area (Å²) >= 11 is 0. The Bertz CT molecular complexity index is 825. The van der Waals surface area contributed by atoms with Gasteiger partial charge in [0.25, 0.3) is 5.91 Å². The molecule has 1 heterocycles. The summed E-state index contributed by atoms with van der Waals surface area (Å²) in [5.74, 6) is -4.12. The zero-order valence-corrected chi connectivity index (χ0v) is 12.9. The summed E-state index contributed by atoms with van der Waals surface area (Å²) in [7, 11) is 0. The molecule has 7 nitrogen and oxygen atoms in total. The molecule has 138 valence electrons. The van der Waals surface area contributed by atoms with E-state index >= 15 is 0 Å². The number of hydrogen-bond donors (Lipinski definition) is 3. The van der Waals surface area contributed by atoms with E-state index in [1.165, 1.54) is 12.1 Å². The first kappa shape index (κ1) is 19.0. The highest BCUT2D eigenvalue weighted by Gasteiger charge is 2.30. The van der Waals surface area contributed by atoms with Gasteiger partial charge in [-0.3, -0.25) is 9.59 Å². The van der Waals surface area contributed by atoms with E-state index in [4.69, 9.17) is 14.6 Å². The summed E-state index contributed by atoms with van der Waals surface area (Å²) in [6.45, 7) is 0. The fourth-order valence-electron chi connectivity index (χ4n) is 2.04. The Morgan fingerprint density at radius 2 is 1.65 bits per heavy atom. The van der Waals surface area contributed by atoms with E-state index < -0.39 is 42.0 Å². The summed E-state index contributed by atoms with van der Waals surface area (Å²) in [4.78, 5) is 33.5. The molecule has 1 atom stereocenters. The minimum atomic E-state index is -4.48. The Kier molecular flexibility index (Phi) is 5.34. The number of rotatable bonds is 6. The van der Waals surface area contributed by atoms with Crippen LogP contribution < -0.4 is 5.32 Å². The third-order valence-corrected chi connectivity index (χ3v) is 3.31. The van der Waals surface area contributed by atoms with Crippen LogP contribution in [0.15, 0.2) is 40.8 Å². The van der Waals surface area contributed by atoms with Gasteiger partial charge in [-0.05, 0) is 24.3 Å². The number of alkyl halides is 3. The standard InChI is InChI=1S/C16H12F3NO6/c17-16(18,19)9-3-1-8(2-4-9)11-5-6-12(26-11)14(23)20-10(15(24)25)7-13(21)22/h1-6,10H,7H2,(H,20,23)(H,21,22)(H,24,25)/t10-/m0/s1. The molecule has 0 aliphatic heterocycles. The molecule has 1 amide bonds. The molecule has 0 spiro atoms. The molecule has 0 unspecified atom stereocenters. The molecule has 1 aromatic carbocycles. The average molecular weight is 371 g/mol. The summed E-state index contributed by atoms with van der Waals surface area (Å²) in [5, 5.41) is 19.5. The molecule has 26 heavy (non-hydrogen) atoms. The van der Waals surface area contributed by atoms with Crippen LogP contribution in [-0.2, 0) is 15.8 Å². The fourth-order valence-corrected chi connectivity index (χ4v) is 2.04. The molecule has 0 aliphatic carbocycles. The van der Waals surface area contributed by atoms with Gasteiger partial charge in [0.15, 0.2) is 5.76 Å². The number of carboxylic acid groups (broad SMARTS) is 2. The van der Waals surface area contributed by atoms with Crippen LogP contribution in [0.3, 0.4) is 0 Å². The Labute approximate surface area is 144 Å². The monoisotopic (exact) mass is 371 g/mol. The van der Waals surface area contributed by atoms with Crippen LogP contribution in [-0.4, -0.2) is 34.1 Å². The van der Waals surface area contributed by atoms with E-state index in [9.17, 15) is 27.6 Å². The second-order valence-electron chi connectivity index (χ2n) is 5.20. The van der Waals surface area contributed by atoms with Crippen molar-refractivity contribution in [3.8, 4) is 11.3 Å². The first-order valence-corrected chi connectivity index (χ1v) is 7.11. The molecule has 0 bridgehead atoms. The van der Waals surface area contributed by atoms with Crippen LogP contribution in [0, 0.1) is 0 Å². The molecule has 0 fully saturated rings. The molecule has 0 aliphatic rings. The van der Waals surface area contributed by atoms with E-state index in [0.717, 1.165) is 24.3 Å². The van der Waals surface area contributed by atoms with Crippen molar-refractivity contribution >= 4 is 17.8 Å². The maximum Gasteiger partial charge on any atom is 0.416 e. The van der Waals surface area contributed by atoms with Gasteiger partial charge in [-0.1, -0.05) is 12.1 Å². The number of benzene rings is 1. The van der Waals surface area contributed by atoms with Gasteiger partial charge in [0.2, 0.25) is 0 Å². The lowest BCUT2D eigenvalue weighted by Gasteiger charge is -2.10.